The quantitative estimate of drug-likeness (QED) is 0.730. The molecular weight excluding hydrogens is 326 g/mol. The molecule has 25 heavy (non-hydrogen) atoms. The molecule has 0 spiro atoms. The fraction of sp³-hybridized carbons (Fsp3) is 0.412. The average Bonchev–Trinajstić information content (AvgIpc) is 2.91. The van der Waals surface area contributed by atoms with Crippen molar-refractivity contribution in [2.45, 2.75) is 19.3 Å². The van der Waals surface area contributed by atoms with Gasteiger partial charge in [-0.25, -0.2) is 0 Å². The Morgan fingerprint density at radius 2 is 1.76 bits per heavy atom. The number of anilines is 1. The first kappa shape index (κ1) is 18.4. The zero-order valence-electron chi connectivity index (χ0n) is 14.3. The molecule has 0 aromatic heterocycles. The van der Waals surface area contributed by atoms with E-state index in [1.54, 1.807) is 31.4 Å². The molecular formula is C17H21N3O5. The molecule has 1 heterocycles. The Hall–Kier alpha value is -2.90. The molecule has 1 aromatic carbocycles. The van der Waals surface area contributed by atoms with E-state index in [4.69, 9.17) is 4.74 Å². The van der Waals surface area contributed by atoms with E-state index in [2.05, 4.69) is 5.32 Å². The van der Waals surface area contributed by atoms with Crippen molar-refractivity contribution in [1.82, 2.24) is 9.80 Å². The normalized spacial score (nSPS) is 13.8. The second kappa shape index (κ2) is 8.27. The van der Waals surface area contributed by atoms with Crippen molar-refractivity contribution >= 4 is 29.3 Å². The second-order valence-electron chi connectivity index (χ2n) is 5.72. The first-order chi connectivity index (χ1) is 11.9. The van der Waals surface area contributed by atoms with Gasteiger partial charge >= 0.3 is 0 Å². The van der Waals surface area contributed by atoms with E-state index in [0.29, 0.717) is 11.4 Å². The number of carbonyl (C=O) groups excluding carboxylic acids is 4. The molecule has 1 aliphatic heterocycles. The number of nitrogens with zero attached hydrogens (tertiary/aromatic N) is 2. The van der Waals surface area contributed by atoms with Crippen molar-refractivity contribution in [3.8, 4) is 5.75 Å². The molecule has 1 N–H and O–H groups in total. The molecule has 0 bridgehead atoms. The van der Waals surface area contributed by atoms with Gasteiger partial charge in [-0.2, -0.15) is 0 Å². The van der Waals surface area contributed by atoms with Gasteiger partial charge in [0.2, 0.25) is 23.6 Å². The maximum atomic E-state index is 12.1. The summed E-state index contributed by atoms with van der Waals surface area (Å²) in [5.74, 6) is -0.474. The highest BCUT2D eigenvalue weighted by Gasteiger charge is 2.29. The van der Waals surface area contributed by atoms with E-state index in [9.17, 15) is 19.2 Å². The number of hydrogen-bond donors (Lipinski definition) is 1. The van der Waals surface area contributed by atoms with Crippen LogP contribution in [-0.2, 0) is 19.2 Å². The van der Waals surface area contributed by atoms with Gasteiger partial charge in [-0.3, -0.25) is 24.1 Å². The summed E-state index contributed by atoms with van der Waals surface area (Å²) in [5.41, 5.74) is 0.597. The first-order valence-corrected chi connectivity index (χ1v) is 7.91. The Morgan fingerprint density at radius 1 is 1.16 bits per heavy atom. The van der Waals surface area contributed by atoms with E-state index < -0.39 is 0 Å². The van der Waals surface area contributed by atoms with Gasteiger partial charge in [-0.1, -0.05) is 0 Å². The highest BCUT2D eigenvalue weighted by atomic mass is 16.5. The molecule has 0 aliphatic carbocycles. The molecule has 1 fully saturated rings. The minimum atomic E-state index is -0.339. The Labute approximate surface area is 145 Å². The van der Waals surface area contributed by atoms with E-state index in [1.165, 1.54) is 11.9 Å². The maximum absolute atomic E-state index is 12.1. The summed E-state index contributed by atoms with van der Waals surface area (Å²) in [7, 11) is 3.06. The number of carbonyl (C=O) groups is 4. The number of likely N-dealkylation sites (tertiary alicyclic amines) is 1. The molecule has 1 aliphatic rings. The van der Waals surface area contributed by atoms with Crippen LogP contribution in [0.2, 0.25) is 0 Å². The molecule has 8 heteroatoms. The summed E-state index contributed by atoms with van der Waals surface area (Å²) in [5, 5.41) is 2.68. The number of ether oxygens (including phenoxy) is 1. The molecule has 4 amide bonds. The first-order valence-electron chi connectivity index (χ1n) is 7.91. The monoisotopic (exact) mass is 347 g/mol. The Balaban J connectivity index is 1.78. The van der Waals surface area contributed by atoms with Gasteiger partial charge in [0.15, 0.2) is 0 Å². The molecule has 8 nitrogen and oxygen atoms in total. The summed E-state index contributed by atoms with van der Waals surface area (Å²) < 4.78 is 5.04. The fourth-order valence-corrected chi connectivity index (χ4v) is 2.45. The Bertz CT molecular complexity index is 655. The minimum Gasteiger partial charge on any atom is -0.497 e. The molecule has 0 radical (unpaired) electrons. The molecule has 0 unspecified atom stereocenters. The number of imide groups is 1. The molecule has 1 saturated heterocycles. The highest BCUT2D eigenvalue weighted by Crippen LogP contribution is 2.15. The summed E-state index contributed by atoms with van der Waals surface area (Å²) >= 11 is 0. The van der Waals surface area contributed by atoms with Crippen LogP contribution in [0.25, 0.3) is 0 Å². The lowest BCUT2D eigenvalue weighted by Gasteiger charge is -2.19. The smallest absolute Gasteiger partial charge is 0.243 e. The predicted octanol–water partition coefficient (Wildman–Crippen LogP) is 0.631. The number of likely N-dealkylation sites (N-methyl/N-ethyl adjacent to an activating group) is 1. The SMILES string of the molecule is COc1ccc(NC(=O)CN(C)C(=O)CCN2C(=O)CCC2=O)cc1. The van der Waals surface area contributed by atoms with Crippen LogP contribution in [0, 0.1) is 0 Å². The van der Waals surface area contributed by atoms with Crippen LogP contribution in [0.3, 0.4) is 0 Å². The van der Waals surface area contributed by atoms with Gasteiger partial charge in [-0.05, 0) is 24.3 Å². The highest BCUT2D eigenvalue weighted by molar-refractivity contribution is 6.02. The maximum Gasteiger partial charge on any atom is 0.243 e. The van der Waals surface area contributed by atoms with E-state index in [0.717, 1.165) is 4.90 Å². The van der Waals surface area contributed by atoms with Crippen molar-refractivity contribution in [1.29, 1.82) is 0 Å². The third kappa shape index (κ3) is 5.03. The van der Waals surface area contributed by atoms with Crippen LogP contribution >= 0.6 is 0 Å². The number of amides is 4. The third-order valence-corrected chi connectivity index (χ3v) is 3.88. The molecule has 0 saturated carbocycles. The van der Waals surface area contributed by atoms with Crippen molar-refractivity contribution in [3.05, 3.63) is 24.3 Å². The zero-order chi connectivity index (χ0) is 18.4. The molecule has 134 valence electrons. The lowest BCUT2D eigenvalue weighted by atomic mass is 10.3. The van der Waals surface area contributed by atoms with Gasteiger partial charge in [-0.15, -0.1) is 0 Å². The van der Waals surface area contributed by atoms with Crippen LogP contribution < -0.4 is 10.1 Å². The van der Waals surface area contributed by atoms with Crippen LogP contribution in [0.5, 0.6) is 5.75 Å². The number of rotatable bonds is 7. The van der Waals surface area contributed by atoms with Gasteiger partial charge in [0.1, 0.15) is 5.75 Å². The predicted molar refractivity (Wildman–Crippen MR) is 89.8 cm³/mol. The summed E-state index contributed by atoms with van der Waals surface area (Å²) in [6.45, 7) is -0.0618. The van der Waals surface area contributed by atoms with Gasteiger partial charge in [0, 0.05) is 38.5 Å². The third-order valence-electron chi connectivity index (χ3n) is 3.88. The van der Waals surface area contributed by atoms with Crippen LogP contribution in [0.15, 0.2) is 24.3 Å². The largest absolute Gasteiger partial charge is 0.497 e. The molecule has 1 aromatic rings. The second-order valence-corrected chi connectivity index (χ2v) is 5.72. The standard InChI is InChI=1S/C17H21N3O5/c1-19(15(22)9-10-20-16(23)7-8-17(20)24)11-14(21)18-12-3-5-13(25-2)6-4-12/h3-6H,7-11H2,1-2H3,(H,18,21). The van der Waals surface area contributed by atoms with E-state index in [1.807, 2.05) is 0 Å². The zero-order valence-corrected chi connectivity index (χ0v) is 14.3. The Morgan fingerprint density at radius 3 is 2.32 bits per heavy atom. The number of benzene rings is 1. The van der Waals surface area contributed by atoms with Crippen molar-refractivity contribution < 1.29 is 23.9 Å². The molecule has 0 atom stereocenters. The lowest BCUT2D eigenvalue weighted by molar-refractivity contribution is -0.140. The van der Waals surface area contributed by atoms with Gasteiger partial charge < -0.3 is 15.0 Å². The summed E-state index contributed by atoms with van der Waals surface area (Å²) in [6.07, 6.45) is 0.407. The van der Waals surface area contributed by atoms with E-state index >= 15 is 0 Å². The van der Waals surface area contributed by atoms with Crippen molar-refractivity contribution in [2.24, 2.45) is 0 Å². The Kier molecular flexibility index (Phi) is 6.10. The van der Waals surface area contributed by atoms with Crippen molar-refractivity contribution in [3.63, 3.8) is 0 Å². The lowest BCUT2D eigenvalue weighted by Crippen LogP contribution is -2.38. The number of hydrogen-bond acceptors (Lipinski definition) is 5. The van der Waals surface area contributed by atoms with Gasteiger partial charge in [0.25, 0.3) is 0 Å². The van der Waals surface area contributed by atoms with Crippen LogP contribution in [0.4, 0.5) is 5.69 Å². The molecule has 2 rings (SSSR count). The summed E-state index contributed by atoms with van der Waals surface area (Å²) in [6, 6.07) is 6.83. The van der Waals surface area contributed by atoms with E-state index in [-0.39, 0.29) is 56.0 Å². The topological polar surface area (TPSA) is 96.0 Å². The summed E-state index contributed by atoms with van der Waals surface area (Å²) in [4.78, 5) is 49.4. The van der Waals surface area contributed by atoms with Crippen molar-refractivity contribution in [2.75, 3.05) is 32.6 Å². The average molecular weight is 347 g/mol. The van der Waals surface area contributed by atoms with Crippen LogP contribution in [-0.4, -0.2) is 60.7 Å². The van der Waals surface area contributed by atoms with Gasteiger partial charge in [0.05, 0.1) is 13.7 Å². The minimum absolute atomic E-state index is 0.00377. The van der Waals surface area contributed by atoms with Crippen LogP contribution in [0.1, 0.15) is 19.3 Å². The number of methoxy groups -OCH3 is 1. The number of nitrogens with one attached hydrogen (secondary N) is 1. The fourth-order valence-electron chi connectivity index (χ4n) is 2.45.